The molecule has 7 rings (SSSR count). The van der Waals surface area contributed by atoms with Crippen molar-refractivity contribution in [3.8, 4) is 40.0 Å². The fraction of sp³-hybridized carbons (Fsp3) is 0.385. The number of aromatic nitrogens is 2. The molecule has 2 aromatic carbocycles. The van der Waals surface area contributed by atoms with Gasteiger partial charge in [0.2, 0.25) is 17.6 Å². The first-order valence-corrected chi connectivity index (χ1v) is 18.6. The van der Waals surface area contributed by atoms with Crippen LogP contribution in [0.3, 0.4) is 0 Å². The minimum atomic E-state index is -0.273. The maximum absolute atomic E-state index is 12.7. The van der Waals surface area contributed by atoms with E-state index in [-0.39, 0.29) is 18.1 Å². The molecule has 0 radical (unpaired) electrons. The largest absolute Gasteiger partial charge is 0.481 e. The van der Waals surface area contributed by atoms with Gasteiger partial charge in [0.05, 0.1) is 48.1 Å². The van der Waals surface area contributed by atoms with Crippen molar-refractivity contribution in [2.45, 2.75) is 57.7 Å². The Kier molecular flexibility index (Phi) is 10.8. The van der Waals surface area contributed by atoms with Crippen LogP contribution >= 0.6 is 27.5 Å². The zero-order valence-corrected chi connectivity index (χ0v) is 31.3. The van der Waals surface area contributed by atoms with Crippen molar-refractivity contribution in [2.24, 2.45) is 4.99 Å². The van der Waals surface area contributed by atoms with Gasteiger partial charge in [0.1, 0.15) is 18.0 Å². The van der Waals surface area contributed by atoms with Gasteiger partial charge >= 0.3 is 5.97 Å². The third-order valence-corrected chi connectivity index (χ3v) is 10.7. The van der Waals surface area contributed by atoms with Gasteiger partial charge in [-0.2, -0.15) is 4.98 Å². The van der Waals surface area contributed by atoms with Crippen molar-refractivity contribution in [1.82, 2.24) is 20.2 Å². The van der Waals surface area contributed by atoms with Gasteiger partial charge in [-0.15, -0.1) is 0 Å². The van der Waals surface area contributed by atoms with E-state index < -0.39 is 0 Å². The van der Waals surface area contributed by atoms with Crippen LogP contribution in [0.2, 0.25) is 5.02 Å². The molecule has 4 heterocycles. The standard InChI is InChI=1S/C39H41BrClN5O5/c1-4-50-39(47)32-13-5-6-20-46(32)22-23-21-30(40)38(45-36(23)48-2)51-33-17-15-25-24(9-7-10-26(25)33)27-11-8-12-28(34(27)41)31-16-14-29(37(44-31)49-3)35-42-18-19-43-35/h7-12,14,16,21,32-33H,4-6,13,15,17-20,22H2,1-3H3,(H,42,43)/t32-,33-/m0/s1. The molecule has 266 valence electrons. The Morgan fingerprint density at radius 1 is 0.961 bits per heavy atom. The number of nitrogens with one attached hydrogen (secondary N) is 1. The van der Waals surface area contributed by atoms with Crippen molar-refractivity contribution in [1.29, 1.82) is 0 Å². The van der Waals surface area contributed by atoms with Crippen molar-refractivity contribution in [3.63, 3.8) is 0 Å². The molecule has 1 aliphatic carbocycles. The van der Waals surface area contributed by atoms with Gasteiger partial charge in [-0.25, -0.2) is 4.98 Å². The topological polar surface area (TPSA) is 107 Å². The first kappa shape index (κ1) is 35.2. The number of hydrogen-bond acceptors (Lipinski definition) is 10. The maximum atomic E-state index is 12.7. The number of rotatable bonds is 11. The number of pyridine rings is 2. The molecular formula is C39H41BrClN5O5. The molecule has 12 heteroatoms. The lowest BCUT2D eigenvalue weighted by Gasteiger charge is -2.34. The molecule has 0 bridgehead atoms. The van der Waals surface area contributed by atoms with Crippen molar-refractivity contribution < 1.29 is 23.7 Å². The monoisotopic (exact) mass is 773 g/mol. The second-order valence-corrected chi connectivity index (χ2v) is 14.0. The number of hydrogen-bond donors (Lipinski definition) is 1. The van der Waals surface area contributed by atoms with Gasteiger partial charge in [-0.1, -0.05) is 54.4 Å². The molecule has 3 aliphatic rings. The predicted molar refractivity (Wildman–Crippen MR) is 201 cm³/mol. The zero-order valence-electron chi connectivity index (χ0n) is 29.0. The van der Waals surface area contributed by atoms with Crippen LogP contribution < -0.4 is 19.5 Å². The fourth-order valence-electron chi connectivity index (χ4n) is 7.34. The summed E-state index contributed by atoms with van der Waals surface area (Å²) in [5, 5.41) is 3.91. The lowest BCUT2D eigenvalue weighted by atomic mass is 9.94. The number of nitrogens with zero attached hydrogens (tertiary/aromatic N) is 4. The molecule has 1 fully saturated rings. The van der Waals surface area contributed by atoms with Crippen LogP contribution in [0.1, 0.15) is 61.0 Å². The van der Waals surface area contributed by atoms with Crippen LogP contribution in [0.5, 0.6) is 17.6 Å². The van der Waals surface area contributed by atoms with E-state index in [1.165, 1.54) is 5.56 Å². The van der Waals surface area contributed by atoms with Gasteiger partial charge in [0.15, 0.2) is 0 Å². The summed E-state index contributed by atoms with van der Waals surface area (Å²) >= 11 is 10.9. The number of benzene rings is 2. The average Bonchev–Trinajstić information content (AvgIpc) is 3.84. The molecule has 51 heavy (non-hydrogen) atoms. The number of piperidine rings is 1. The maximum Gasteiger partial charge on any atom is 0.323 e. The molecule has 0 saturated carbocycles. The molecule has 2 aromatic heterocycles. The number of methoxy groups -OCH3 is 2. The minimum Gasteiger partial charge on any atom is -0.481 e. The van der Waals surface area contributed by atoms with Gasteiger partial charge in [0.25, 0.3) is 0 Å². The van der Waals surface area contributed by atoms with E-state index in [1.54, 1.807) is 14.2 Å². The van der Waals surface area contributed by atoms with E-state index >= 15 is 0 Å². The number of likely N-dealkylation sites (tertiary alicyclic amines) is 1. The second kappa shape index (κ2) is 15.6. The number of ether oxygens (including phenoxy) is 4. The molecule has 10 nitrogen and oxygen atoms in total. The third kappa shape index (κ3) is 7.16. The van der Waals surface area contributed by atoms with E-state index in [4.69, 9.17) is 40.5 Å². The van der Waals surface area contributed by atoms with Crippen LogP contribution in [0.25, 0.3) is 22.4 Å². The number of esters is 1. The van der Waals surface area contributed by atoms with Crippen LogP contribution in [-0.2, 0) is 22.5 Å². The van der Waals surface area contributed by atoms with Crippen molar-refractivity contribution in [2.75, 3.05) is 40.5 Å². The Morgan fingerprint density at radius 2 is 1.76 bits per heavy atom. The first-order chi connectivity index (χ1) is 24.9. The SMILES string of the molecule is CCOC(=O)[C@@H]1CCCCN1Cc1cc(Br)c(O[C@H]2CCc3c(-c4cccc(-c5ccc(C6=NCCN6)c(OC)n5)c4Cl)cccc32)nc1OC. The summed E-state index contributed by atoms with van der Waals surface area (Å²) < 4.78 is 24.1. The summed E-state index contributed by atoms with van der Waals surface area (Å²) in [5.41, 5.74) is 7.55. The zero-order chi connectivity index (χ0) is 35.5. The van der Waals surface area contributed by atoms with Crippen LogP contribution in [-0.4, -0.2) is 73.2 Å². The Balaban J connectivity index is 1.13. The van der Waals surface area contributed by atoms with Gasteiger partial charge in [-0.05, 0) is 90.0 Å². The highest BCUT2D eigenvalue weighted by Gasteiger charge is 2.32. The molecule has 0 unspecified atom stereocenters. The Morgan fingerprint density at radius 3 is 2.55 bits per heavy atom. The Hall–Kier alpha value is -4.19. The molecule has 0 spiro atoms. The molecule has 4 aromatic rings. The quantitative estimate of drug-likeness (QED) is 0.155. The van der Waals surface area contributed by atoms with E-state index in [0.717, 1.165) is 101 Å². The summed E-state index contributed by atoms with van der Waals surface area (Å²) in [6, 6.07) is 18.0. The van der Waals surface area contributed by atoms with E-state index in [2.05, 4.69) is 55.4 Å². The van der Waals surface area contributed by atoms with E-state index in [1.807, 2.05) is 37.3 Å². The number of carbonyl (C=O) groups is 1. The van der Waals surface area contributed by atoms with Crippen LogP contribution in [0, 0.1) is 0 Å². The molecule has 2 atom stereocenters. The van der Waals surface area contributed by atoms with Crippen molar-refractivity contribution >= 4 is 39.3 Å². The summed E-state index contributed by atoms with van der Waals surface area (Å²) in [6.07, 6.45) is 4.21. The summed E-state index contributed by atoms with van der Waals surface area (Å²) in [6.45, 7) is 5.07. The molecule has 1 saturated heterocycles. The number of fused-ring (bicyclic) bond motifs is 1. The predicted octanol–water partition coefficient (Wildman–Crippen LogP) is 7.58. The smallest absolute Gasteiger partial charge is 0.323 e. The van der Waals surface area contributed by atoms with Gasteiger partial charge < -0.3 is 24.3 Å². The fourth-order valence-corrected chi connectivity index (χ4v) is 8.12. The highest BCUT2D eigenvalue weighted by Crippen LogP contribution is 2.45. The number of amidine groups is 1. The number of carbonyl (C=O) groups excluding carboxylic acids is 1. The number of aliphatic imine (C=N–C) groups is 1. The molecule has 0 amide bonds. The van der Waals surface area contributed by atoms with Crippen molar-refractivity contribution in [3.05, 3.63) is 86.3 Å². The lowest BCUT2D eigenvalue weighted by molar-refractivity contribution is -0.151. The Bertz CT molecular complexity index is 1970. The minimum absolute atomic E-state index is 0.172. The summed E-state index contributed by atoms with van der Waals surface area (Å²) in [5.74, 6) is 2.05. The summed E-state index contributed by atoms with van der Waals surface area (Å²) in [4.78, 5) is 29.0. The third-order valence-electron chi connectivity index (χ3n) is 9.74. The highest BCUT2D eigenvalue weighted by molar-refractivity contribution is 9.10. The van der Waals surface area contributed by atoms with Gasteiger partial charge in [-0.3, -0.25) is 14.7 Å². The molecule has 1 N–H and O–H groups in total. The highest BCUT2D eigenvalue weighted by atomic mass is 79.9. The number of halogens is 2. The molecule has 2 aliphatic heterocycles. The molecular weight excluding hydrogens is 734 g/mol. The first-order valence-electron chi connectivity index (χ1n) is 17.5. The Labute approximate surface area is 311 Å². The average molecular weight is 775 g/mol. The van der Waals surface area contributed by atoms with Crippen LogP contribution in [0.4, 0.5) is 0 Å². The van der Waals surface area contributed by atoms with E-state index in [0.29, 0.717) is 35.8 Å². The normalized spacial score (nSPS) is 18.5. The second-order valence-electron chi connectivity index (χ2n) is 12.8. The summed E-state index contributed by atoms with van der Waals surface area (Å²) in [7, 11) is 3.23. The van der Waals surface area contributed by atoms with E-state index in [9.17, 15) is 4.79 Å². The van der Waals surface area contributed by atoms with Crippen LogP contribution in [0.15, 0.2) is 64.1 Å². The lowest BCUT2D eigenvalue weighted by Crippen LogP contribution is -2.45. The van der Waals surface area contributed by atoms with Gasteiger partial charge in [0, 0.05) is 29.8 Å².